The summed E-state index contributed by atoms with van der Waals surface area (Å²) in [5, 5.41) is 0. The zero-order valence-corrected chi connectivity index (χ0v) is 9.73. The number of unbranched alkanes of at least 4 members (excludes halogenated alkanes) is 6. The lowest BCUT2D eigenvalue weighted by molar-refractivity contribution is -0.139. The molecule has 0 aromatic rings. The van der Waals surface area contributed by atoms with E-state index in [1.54, 1.807) is 0 Å². The van der Waals surface area contributed by atoms with Crippen molar-refractivity contribution in [1.82, 2.24) is 0 Å². The van der Waals surface area contributed by atoms with Gasteiger partial charge in [-0.15, -0.1) is 6.58 Å². The van der Waals surface area contributed by atoms with E-state index in [1.165, 1.54) is 25.7 Å². The minimum absolute atomic E-state index is 0.400. The molecule has 4 heteroatoms. The minimum Gasteiger partial charge on any atom is -0.457 e. The molecule has 0 aliphatic heterocycles. The number of carbonyl (C=O) groups is 1. The van der Waals surface area contributed by atoms with Crippen LogP contribution in [0.5, 0.6) is 0 Å². The van der Waals surface area contributed by atoms with Gasteiger partial charge in [0, 0.05) is 0 Å². The fraction of sp³-hybridized carbons (Fsp3) is 0.667. The zero-order chi connectivity index (χ0) is 12.1. The Bertz CT molecular complexity index is 245. The number of hydrogen-bond acceptors (Lipinski definition) is 2. The highest BCUT2D eigenvalue weighted by molar-refractivity contribution is 6.20. The molecular weight excluding hydrogens is 204 g/mol. The second-order valence-electron chi connectivity index (χ2n) is 3.61. The van der Waals surface area contributed by atoms with Crippen LogP contribution in [0, 0.1) is 0 Å². The maximum atomic E-state index is 10.7. The Hall–Kier alpha value is -1.41. The topological polar surface area (TPSA) is 62.7 Å². The first-order valence-electron chi connectivity index (χ1n) is 5.76. The van der Waals surface area contributed by atoms with E-state index in [1.807, 2.05) is 6.08 Å². The summed E-state index contributed by atoms with van der Waals surface area (Å²) in [5.41, 5.74) is 8.04. The quantitative estimate of drug-likeness (QED) is 0.143. The largest absolute Gasteiger partial charge is 0.457 e. The predicted octanol–water partition coefficient (Wildman–Crippen LogP) is 2.75. The van der Waals surface area contributed by atoms with E-state index in [0.29, 0.717) is 6.61 Å². The number of ether oxygens (including phenoxy) is 1. The molecule has 0 rings (SSSR count). The molecule has 16 heavy (non-hydrogen) atoms. The molecule has 0 saturated heterocycles. The summed E-state index contributed by atoms with van der Waals surface area (Å²) >= 11 is 0. The highest BCUT2D eigenvalue weighted by atomic mass is 16.5. The monoisotopic (exact) mass is 224 g/mol. The molecule has 0 saturated carbocycles. The number of esters is 1. The second kappa shape index (κ2) is 11.7. The summed E-state index contributed by atoms with van der Waals surface area (Å²) in [6.07, 6.45) is 10.6. The van der Waals surface area contributed by atoms with Crippen LogP contribution in [0.2, 0.25) is 0 Å². The van der Waals surface area contributed by atoms with Gasteiger partial charge in [0.2, 0.25) is 0 Å². The Morgan fingerprint density at radius 2 is 1.81 bits per heavy atom. The molecule has 0 radical (unpaired) electrons. The number of hydrogen-bond donors (Lipinski definition) is 0. The summed E-state index contributed by atoms with van der Waals surface area (Å²) in [6.45, 7) is 4.07. The van der Waals surface area contributed by atoms with Gasteiger partial charge in [-0.2, -0.15) is 4.79 Å². The molecule has 0 aromatic heterocycles. The van der Waals surface area contributed by atoms with Crippen molar-refractivity contribution in [2.45, 2.75) is 44.9 Å². The van der Waals surface area contributed by atoms with Gasteiger partial charge in [0.15, 0.2) is 0 Å². The molecular formula is C12H20N2O2. The second-order valence-corrected chi connectivity index (χ2v) is 3.61. The first-order valence-corrected chi connectivity index (χ1v) is 5.76. The van der Waals surface area contributed by atoms with Crippen molar-refractivity contribution < 1.29 is 14.3 Å². The molecule has 0 spiro atoms. The highest BCUT2D eigenvalue weighted by Crippen LogP contribution is 2.07. The normalized spacial score (nSPS) is 9.25. The Balaban J connectivity index is 3.12. The Morgan fingerprint density at radius 1 is 1.19 bits per heavy atom. The first-order chi connectivity index (χ1) is 7.81. The van der Waals surface area contributed by atoms with Crippen LogP contribution in [0.25, 0.3) is 5.53 Å². The van der Waals surface area contributed by atoms with E-state index in [0.717, 1.165) is 25.5 Å². The summed E-state index contributed by atoms with van der Waals surface area (Å²) in [5.74, 6) is -0.589. The van der Waals surface area contributed by atoms with Gasteiger partial charge in [-0.25, -0.2) is 4.79 Å². The molecule has 4 nitrogen and oxygen atoms in total. The molecule has 0 bridgehead atoms. The van der Waals surface area contributed by atoms with Crippen LogP contribution in [0.15, 0.2) is 12.7 Å². The van der Waals surface area contributed by atoms with Gasteiger partial charge in [0.25, 0.3) is 0 Å². The molecule has 0 atom stereocenters. The van der Waals surface area contributed by atoms with Gasteiger partial charge in [-0.1, -0.05) is 31.8 Å². The fourth-order valence-electron chi connectivity index (χ4n) is 1.36. The van der Waals surface area contributed by atoms with Crippen molar-refractivity contribution in [3.8, 4) is 0 Å². The van der Waals surface area contributed by atoms with E-state index in [9.17, 15) is 4.79 Å². The standard InChI is InChI=1S/C12H20N2O2/c1-2-3-4-5-6-7-8-9-10-16-12(15)11-14-13/h2,11H,1,3-10H2. The zero-order valence-electron chi connectivity index (χ0n) is 9.73. The lowest BCUT2D eigenvalue weighted by atomic mass is 10.1. The van der Waals surface area contributed by atoms with E-state index in [-0.39, 0.29) is 0 Å². The molecule has 90 valence electrons. The lowest BCUT2D eigenvalue weighted by Crippen LogP contribution is -2.07. The molecule has 0 heterocycles. The van der Waals surface area contributed by atoms with Crippen molar-refractivity contribution in [2.24, 2.45) is 0 Å². The Labute approximate surface area is 96.9 Å². The van der Waals surface area contributed by atoms with Gasteiger partial charge >= 0.3 is 12.2 Å². The third-order valence-corrected chi connectivity index (χ3v) is 2.21. The van der Waals surface area contributed by atoms with Crippen molar-refractivity contribution in [3.05, 3.63) is 18.2 Å². The summed E-state index contributed by atoms with van der Waals surface area (Å²) < 4.78 is 4.77. The average Bonchev–Trinajstić information content (AvgIpc) is 2.27. The van der Waals surface area contributed by atoms with Gasteiger partial charge in [-0.3, -0.25) is 0 Å². The van der Waals surface area contributed by atoms with Gasteiger partial charge in [0.1, 0.15) is 0 Å². The number of allylic oxidation sites excluding steroid dienone is 1. The third-order valence-electron chi connectivity index (χ3n) is 2.21. The Kier molecular flexibility index (Phi) is 10.6. The van der Waals surface area contributed by atoms with E-state index in [2.05, 4.69) is 11.4 Å². The van der Waals surface area contributed by atoms with Crippen molar-refractivity contribution in [1.29, 1.82) is 0 Å². The molecule has 0 amide bonds. The first kappa shape index (κ1) is 14.6. The molecule has 0 N–H and O–H groups in total. The predicted molar refractivity (Wildman–Crippen MR) is 63.2 cm³/mol. The maximum Gasteiger partial charge on any atom is 0.413 e. The molecule has 0 aromatic carbocycles. The van der Waals surface area contributed by atoms with Crippen LogP contribution in [0.3, 0.4) is 0 Å². The summed E-state index contributed by atoms with van der Waals surface area (Å²) in [7, 11) is 0. The van der Waals surface area contributed by atoms with Gasteiger partial charge in [0.05, 0.1) is 6.61 Å². The maximum absolute atomic E-state index is 10.7. The smallest absolute Gasteiger partial charge is 0.413 e. The highest BCUT2D eigenvalue weighted by Gasteiger charge is 2.01. The van der Waals surface area contributed by atoms with Crippen LogP contribution in [-0.4, -0.2) is 23.6 Å². The van der Waals surface area contributed by atoms with E-state index < -0.39 is 5.97 Å². The van der Waals surface area contributed by atoms with Crippen molar-refractivity contribution >= 4 is 12.2 Å². The van der Waals surface area contributed by atoms with Crippen LogP contribution < -0.4 is 0 Å². The lowest BCUT2D eigenvalue weighted by Gasteiger charge is -2.01. The third kappa shape index (κ3) is 10.7. The van der Waals surface area contributed by atoms with Crippen LogP contribution in [-0.2, 0) is 9.53 Å². The SMILES string of the molecule is C=CCCCCCCCCOC(=O)C=[N+]=[N-]. The number of nitrogens with zero attached hydrogens (tertiary/aromatic N) is 2. The number of rotatable bonds is 10. The average molecular weight is 224 g/mol. The van der Waals surface area contributed by atoms with Crippen molar-refractivity contribution in [2.75, 3.05) is 6.61 Å². The van der Waals surface area contributed by atoms with Crippen LogP contribution >= 0.6 is 0 Å². The van der Waals surface area contributed by atoms with Gasteiger partial charge in [-0.05, 0) is 19.3 Å². The summed E-state index contributed by atoms with van der Waals surface area (Å²) in [6, 6.07) is 0. The molecule has 0 unspecified atom stereocenters. The summed E-state index contributed by atoms with van der Waals surface area (Å²) in [4.78, 5) is 13.3. The fourth-order valence-corrected chi connectivity index (χ4v) is 1.36. The molecule has 0 aliphatic carbocycles. The molecule has 0 aliphatic rings. The Morgan fingerprint density at radius 3 is 2.44 bits per heavy atom. The molecule has 0 fully saturated rings. The van der Waals surface area contributed by atoms with Crippen molar-refractivity contribution in [3.63, 3.8) is 0 Å². The minimum atomic E-state index is -0.589. The van der Waals surface area contributed by atoms with Crippen LogP contribution in [0.4, 0.5) is 0 Å². The van der Waals surface area contributed by atoms with E-state index in [4.69, 9.17) is 10.3 Å². The number of carbonyl (C=O) groups excluding carboxylic acids is 1. The van der Waals surface area contributed by atoms with E-state index >= 15 is 0 Å². The van der Waals surface area contributed by atoms with Crippen LogP contribution in [0.1, 0.15) is 44.9 Å². The van der Waals surface area contributed by atoms with Gasteiger partial charge < -0.3 is 10.3 Å².